The Kier molecular flexibility index (Phi) is 4.83. The molecule has 0 spiro atoms. The molecule has 3 nitrogen and oxygen atoms in total. The highest BCUT2D eigenvalue weighted by Gasteiger charge is 2.34. The van der Waals surface area contributed by atoms with Crippen LogP contribution in [0, 0.1) is 0 Å². The highest BCUT2D eigenvalue weighted by Crippen LogP contribution is 2.31. The zero-order valence-corrected chi connectivity index (χ0v) is 12.0. The number of phenolic OH excluding ortho intramolecular Hbond substituents is 1. The summed E-state index contributed by atoms with van der Waals surface area (Å²) in [6, 6.07) is 8.00. The zero-order valence-electron chi connectivity index (χ0n) is 12.0. The highest BCUT2D eigenvalue weighted by atomic mass is 16.5. The summed E-state index contributed by atoms with van der Waals surface area (Å²) in [6.07, 6.45) is 4.25. The molecule has 1 aliphatic heterocycles. The van der Waals surface area contributed by atoms with Crippen LogP contribution in [0.3, 0.4) is 0 Å². The van der Waals surface area contributed by atoms with Crippen LogP contribution >= 0.6 is 0 Å². The molecule has 0 bridgehead atoms. The summed E-state index contributed by atoms with van der Waals surface area (Å²) in [5.74, 6) is 0.374. The lowest BCUT2D eigenvalue weighted by molar-refractivity contribution is -0.0932. The minimum absolute atomic E-state index is 0.0502. The molecule has 1 fully saturated rings. The second kappa shape index (κ2) is 6.40. The second-order valence-corrected chi connectivity index (χ2v) is 5.44. The number of para-hydroxylation sites is 1. The Labute approximate surface area is 116 Å². The van der Waals surface area contributed by atoms with Gasteiger partial charge in [0, 0.05) is 24.8 Å². The lowest BCUT2D eigenvalue weighted by atomic mass is 9.86. The SMILES string of the molecule is CCC1(CC)CC(NCc2ccccc2O)CCO1. The maximum atomic E-state index is 9.77. The van der Waals surface area contributed by atoms with Crippen LogP contribution in [0.2, 0.25) is 0 Å². The van der Waals surface area contributed by atoms with Gasteiger partial charge in [0.15, 0.2) is 0 Å². The smallest absolute Gasteiger partial charge is 0.120 e. The molecule has 1 heterocycles. The van der Waals surface area contributed by atoms with Gasteiger partial charge in [-0.25, -0.2) is 0 Å². The fraction of sp³-hybridized carbons (Fsp3) is 0.625. The first-order valence-corrected chi connectivity index (χ1v) is 7.33. The van der Waals surface area contributed by atoms with Crippen LogP contribution in [-0.2, 0) is 11.3 Å². The van der Waals surface area contributed by atoms with Crippen molar-refractivity contribution >= 4 is 0 Å². The fourth-order valence-corrected chi connectivity index (χ4v) is 2.86. The first-order valence-electron chi connectivity index (χ1n) is 7.33. The van der Waals surface area contributed by atoms with E-state index >= 15 is 0 Å². The monoisotopic (exact) mass is 263 g/mol. The highest BCUT2D eigenvalue weighted by molar-refractivity contribution is 5.31. The van der Waals surface area contributed by atoms with Gasteiger partial charge < -0.3 is 15.2 Å². The summed E-state index contributed by atoms with van der Waals surface area (Å²) in [4.78, 5) is 0. The Morgan fingerprint density at radius 1 is 1.32 bits per heavy atom. The number of ether oxygens (including phenoxy) is 1. The van der Waals surface area contributed by atoms with Crippen molar-refractivity contribution in [3.05, 3.63) is 29.8 Å². The Balaban J connectivity index is 1.91. The van der Waals surface area contributed by atoms with Gasteiger partial charge in [0.2, 0.25) is 0 Å². The summed E-state index contributed by atoms with van der Waals surface area (Å²) in [7, 11) is 0. The van der Waals surface area contributed by atoms with Gasteiger partial charge >= 0.3 is 0 Å². The van der Waals surface area contributed by atoms with E-state index in [9.17, 15) is 5.11 Å². The molecule has 3 heteroatoms. The van der Waals surface area contributed by atoms with E-state index in [1.54, 1.807) is 6.07 Å². The molecule has 1 aromatic rings. The summed E-state index contributed by atoms with van der Waals surface area (Å²) in [5, 5.41) is 13.3. The summed E-state index contributed by atoms with van der Waals surface area (Å²) >= 11 is 0. The van der Waals surface area contributed by atoms with Gasteiger partial charge in [0.1, 0.15) is 5.75 Å². The van der Waals surface area contributed by atoms with Crippen molar-refractivity contribution in [2.24, 2.45) is 0 Å². The number of hydrogen-bond acceptors (Lipinski definition) is 3. The maximum absolute atomic E-state index is 9.77. The third-order valence-corrected chi connectivity index (χ3v) is 4.35. The molecular formula is C16H25NO2. The number of hydrogen-bond donors (Lipinski definition) is 2. The molecule has 1 saturated heterocycles. The van der Waals surface area contributed by atoms with Crippen molar-refractivity contribution in [2.75, 3.05) is 6.61 Å². The number of rotatable bonds is 5. The van der Waals surface area contributed by atoms with Crippen molar-refractivity contribution in [3.63, 3.8) is 0 Å². The van der Waals surface area contributed by atoms with Gasteiger partial charge in [-0.2, -0.15) is 0 Å². The van der Waals surface area contributed by atoms with Crippen LogP contribution in [0.25, 0.3) is 0 Å². The Morgan fingerprint density at radius 3 is 2.74 bits per heavy atom. The van der Waals surface area contributed by atoms with Gasteiger partial charge in [-0.15, -0.1) is 0 Å². The average molecular weight is 263 g/mol. The average Bonchev–Trinajstić information content (AvgIpc) is 2.46. The third-order valence-electron chi connectivity index (χ3n) is 4.35. The zero-order chi connectivity index (χ0) is 13.7. The van der Waals surface area contributed by atoms with Crippen LogP contribution in [0.4, 0.5) is 0 Å². The van der Waals surface area contributed by atoms with Crippen molar-refractivity contribution in [1.82, 2.24) is 5.32 Å². The molecule has 0 aromatic heterocycles. The number of phenols is 1. The second-order valence-electron chi connectivity index (χ2n) is 5.44. The molecule has 1 aliphatic rings. The molecule has 0 radical (unpaired) electrons. The molecule has 0 amide bonds. The lowest BCUT2D eigenvalue weighted by Crippen LogP contribution is -2.46. The predicted octanol–water partition coefficient (Wildman–Crippen LogP) is 3.22. The summed E-state index contributed by atoms with van der Waals surface area (Å²) in [5.41, 5.74) is 1.02. The Hall–Kier alpha value is -1.06. The summed E-state index contributed by atoms with van der Waals surface area (Å²) < 4.78 is 5.98. The Bertz CT molecular complexity index is 401. The molecule has 1 unspecified atom stereocenters. The molecule has 2 rings (SSSR count). The van der Waals surface area contributed by atoms with Crippen molar-refractivity contribution in [2.45, 2.75) is 57.7 Å². The van der Waals surface area contributed by atoms with Gasteiger partial charge in [0.25, 0.3) is 0 Å². The topological polar surface area (TPSA) is 41.5 Å². The molecule has 0 aliphatic carbocycles. The van der Waals surface area contributed by atoms with Crippen LogP contribution < -0.4 is 5.32 Å². The molecule has 1 atom stereocenters. The summed E-state index contributed by atoms with van der Waals surface area (Å²) in [6.45, 7) is 5.96. The minimum Gasteiger partial charge on any atom is -0.508 e. The van der Waals surface area contributed by atoms with Crippen LogP contribution in [0.15, 0.2) is 24.3 Å². The fourth-order valence-electron chi connectivity index (χ4n) is 2.86. The number of benzene rings is 1. The molecule has 0 saturated carbocycles. The van der Waals surface area contributed by atoms with Crippen molar-refractivity contribution in [3.8, 4) is 5.75 Å². The predicted molar refractivity (Wildman–Crippen MR) is 77.2 cm³/mol. The van der Waals surface area contributed by atoms with E-state index in [1.165, 1.54) is 0 Å². The van der Waals surface area contributed by atoms with E-state index in [0.717, 1.165) is 44.4 Å². The molecule has 2 N–H and O–H groups in total. The first-order chi connectivity index (χ1) is 9.19. The lowest BCUT2D eigenvalue weighted by Gasteiger charge is -2.40. The van der Waals surface area contributed by atoms with Gasteiger partial charge in [-0.05, 0) is 31.7 Å². The van der Waals surface area contributed by atoms with E-state index < -0.39 is 0 Å². The quantitative estimate of drug-likeness (QED) is 0.857. The van der Waals surface area contributed by atoms with Crippen LogP contribution in [-0.4, -0.2) is 23.4 Å². The van der Waals surface area contributed by atoms with Gasteiger partial charge in [-0.1, -0.05) is 32.0 Å². The van der Waals surface area contributed by atoms with E-state index in [0.29, 0.717) is 11.8 Å². The Morgan fingerprint density at radius 2 is 2.05 bits per heavy atom. The third kappa shape index (κ3) is 3.48. The van der Waals surface area contributed by atoms with Crippen molar-refractivity contribution < 1.29 is 9.84 Å². The van der Waals surface area contributed by atoms with E-state index in [1.807, 2.05) is 18.2 Å². The molecule has 19 heavy (non-hydrogen) atoms. The molecule has 1 aromatic carbocycles. The van der Waals surface area contributed by atoms with Crippen LogP contribution in [0.1, 0.15) is 45.1 Å². The normalized spacial score (nSPS) is 22.3. The van der Waals surface area contributed by atoms with Gasteiger partial charge in [0.05, 0.1) is 5.60 Å². The number of nitrogens with one attached hydrogen (secondary N) is 1. The maximum Gasteiger partial charge on any atom is 0.120 e. The standard InChI is InChI=1S/C16H25NO2/c1-3-16(4-2)11-14(9-10-19-16)17-12-13-7-5-6-8-15(13)18/h5-8,14,17-18H,3-4,9-12H2,1-2H3. The van der Waals surface area contributed by atoms with E-state index in [4.69, 9.17) is 4.74 Å². The molecule has 106 valence electrons. The first kappa shape index (κ1) is 14.4. The van der Waals surface area contributed by atoms with Crippen LogP contribution in [0.5, 0.6) is 5.75 Å². The van der Waals surface area contributed by atoms with Gasteiger partial charge in [-0.3, -0.25) is 0 Å². The minimum atomic E-state index is 0.0502. The number of aromatic hydroxyl groups is 1. The molecular weight excluding hydrogens is 238 g/mol. The van der Waals surface area contributed by atoms with E-state index in [2.05, 4.69) is 19.2 Å². The van der Waals surface area contributed by atoms with E-state index in [-0.39, 0.29) is 5.60 Å². The largest absolute Gasteiger partial charge is 0.508 e. The van der Waals surface area contributed by atoms with Crippen molar-refractivity contribution in [1.29, 1.82) is 0 Å².